The van der Waals surface area contributed by atoms with Crippen LogP contribution in [0, 0.1) is 17.3 Å². The molecule has 0 N–H and O–H groups in total. The second-order valence-corrected chi connectivity index (χ2v) is 18.5. The van der Waals surface area contributed by atoms with Crippen LogP contribution in [0.15, 0.2) is 69.3 Å². The Morgan fingerprint density at radius 2 is 1.21 bits per heavy atom. The molecule has 0 atom stereocenters. The van der Waals surface area contributed by atoms with Crippen LogP contribution in [0.4, 0.5) is 0 Å². The summed E-state index contributed by atoms with van der Waals surface area (Å²) < 4.78 is 101. The van der Waals surface area contributed by atoms with E-state index in [1.54, 1.807) is 48.5 Å². The van der Waals surface area contributed by atoms with Gasteiger partial charge in [0.25, 0.3) is 10.1 Å². The molecule has 0 aliphatic heterocycles. The Morgan fingerprint density at radius 3 is 1.77 bits per heavy atom. The van der Waals surface area contributed by atoms with Crippen molar-refractivity contribution < 1.29 is 47.3 Å². The number of rotatable bonds is 15. The normalized spacial score (nSPS) is 12.9. The van der Waals surface area contributed by atoms with Gasteiger partial charge in [0.15, 0.2) is 5.78 Å². The van der Waals surface area contributed by atoms with E-state index in [1.807, 2.05) is 0 Å². The number of ketones is 1. The molecule has 0 spiro atoms. The van der Waals surface area contributed by atoms with Gasteiger partial charge < -0.3 is 4.74 Å². The monoisotopic (exact) mass is 764 g/mol. The Balaban J connectivity index is 2.22. The van der Waals surface area contributed by atoms with Crippen molar-refractivity contribution >= 4 is 59.3 Å². The van der Waals surface area contributed by atoms with Crippen molar-refractivity contribution in [3.63, 3.8) is 0 Å². The third kappa shape index (κ3) is 10.7. The van der Waals surface area contributed by atoms with Gasteiger partial charge in [-0.15, -0.1) is 0 Å². The molecule has 16 heteroatoms. The van der Waals surface area contributed by atoms with Crippen LogP contribution >= 0.6 is 23.2 Å². The summed E-state index contributed by atoms with van der Waals surface area (Å²) in [6.45, 7) is 11.5. The maximum absolute atomic E-state index is 13.5. The van der Waals surface area contributed by atoms with Crippen molar-refractivity contribution in [2.45, 2.75) is 63.2 Å². The molecular formula is C32H38Cl2O11S3. The van der Waals surface area contributed by atoms with Crippen LogP contribution in [0.3, 0.4) is 0 Å². The van der Waals surface area contributed by atoms with Gasteiger partial charge in [0.1, 0.15) is 21.3 Å². The molecule has 0 amide bonds. The zero-order valence-electron chi connectivity index (χ0n) is 27.4. The molecule has 0 heterocycles. The lowest BCUT2D eigenvalue weighted by Gasteiger charge is -2.20. The summed E-state index contributed by atoms with van der Waals surface area (Å²) in [5.74, 6) is -1.91. The van der Waals surface area contributed by atoms with E-state index >= 15 is 0 Å². The van der Waals surface area contributed by atoms with Crippen LogP contribution in [0.1, 0.15) is 64.4 Å². The summed E-state index contributed by atoms with van der Waals surface area (Å²) in [7, 11) is -13.7. The van der Waals surface area contributed by atoms with E-state index in [0.29, 0.717) is 0 Å². The second kappa shape index (κ2) is 15.5. The van der Waals surface area contributed by atoms with Gasteiger partial charge in [-0.2, -0.15) is 25.3 Å². The van der Waals surface area contributed by atoms with Crippen molar-refractivity contribution in [3.8, 4) is 11.5 Å². The van der Waals surface area contributed by atoms with Gasteiger partial charge >= 0.3 is 20.2 Å². The van der Waals surface area contributed by atoms with Crippen molar-refractivity contribution in [3.05, 3.63) is 75.8 Å². The molecule has 3 aromatic rings. The first-order valence-corrected chi connectivity index (χ1v) is 19.6. The van der Waals surface area contributed by atoms with Crippen molar-refractivity contribution in [1.29, 1.82) is 0 Å². The van der Waals surface area contributed by atoms with Gasteiger partial charge in [-0.3, -0.25) is 17.3 Å². The molecule has 0 unspecified atom stereocenters. The predicted octanol–water partition coefficient (Wildman–Crippen LogP) is 7.49. The van der Waals surface area contributed by atoms with Crippen LogP contribution in [-0.4, -0.2) is 50.9 Å². The summed E-state index contributed by atoms with van der Waals surface area (Å²) in [4.78, 5) is 11.6. The lowest BCUT2D eigenvalue weighted by Crippen LogP contribution is -2.19. The van der Waals surface area contributed by atoms with Crippen LogP contribution in [-0.2, 0) is 42.9 Å². The molecule has 0 aliphatic carbocycles. The Bertz CT molecular complexity index is 1980. The highest BCUT2D eigenvalue weighted by molar-refractivity contribution is 7.87. The summed E-state index contributed by atoms with van der Waals surface area (Å²) in [6, 6.07) is 10.5. The average Bonchev–Trinajstić information content (AvgIpc) is 2.99. The van der Waals surface area contributed by atoms with Gasteiger partial charge in [-0.1, -0.05) is 71.7 Å². The number of hydrogen-bond acceptors (Lipinski definition) is 11. The topological polar surface area (TPSA) is 156 Å². The van der Waals surface area contributed by atoms with Crippen molar-refractivity contribution in [2.75, 3.05) is 19.8 Å². The highest BCUT2D eigenvalue weighted by atomic mass is 35.5. The molecule has 3 rings (SSSR count). The van der Waals surface area contributed by atoms with E-state index in [4.69, 9.17) is 40.5 Å². The lowest BCUT2D eigenvalue weighted by molar-refractivity contribution is 0.103. The molecule has 0 bridgehead atoms. The zero-order chi connectivity index (χ0) is 36.2. The molecule has 11 nitrogen and oxygen atoms in total. The fourth-order valence-electron chi connectivity index (χ4n) is 3.70. The number of ether oxygens (including phenoxy) is 1. The summed E-state index contributed by atoms with van der Waals surface area (Å²) in [5.41, 5.74) is -0.727. The van der Waals surface area contributed by atoms with Crippen LogP contribution in [0.25, 0.3) is 0 Å². The largest absolute Gasteiger partial charge is 0.454 e. The molecule has 0 aromatic heterocycles. The maximum atomic E-state index is 13.5. The fraction of sp³-hybridized carbons (Fsp3) is 0.406. The molecule has 0 aliphatic rings. The highest BCUT2D eigenvalue weighted by Gasteiger charge is 2.30. The zero-order valence-corrected chi connectivity index (χ0v) is 31.4. The Kier molecular flexibility index (Phi) is 12.9. The lowest BCUT2D eigenvalue weighted by atomic mass is 9.99. The molecule has 0 saturated heterocycles. The third-order valence-electron chi connectivity index (χ3n) is 6.10. The quantitative estimate of drug-likeness (QED) is 0.112. The Hall–Kier alpha value is -2.56. The number of hydrogen-bond donors (Lipinski definition) is 0. The van der Waals surface area contributed by atoms with E-state index in [2.05, 4.69) is 0 Å². The molecular weight excluding hydrogens is 727 g/mol. The van der Waals surface area contributed by atoms with E-state index < -0.39 is 67.7 Å². The van der Waals surface area contributed by atoms with Gasteiger partial charge in [-0.05, 0) is 71.8 Å². The standard InChI is InChI=1S/C32H38Cl2O11S3/c1-20(2)17-42-46(36,37)24-10-13-28(30(16-24)48(40,41)44-19-32(5,6)7)45-27-12-8-22(14-29(27)47(38,39)43-18-21(3)4)31(35)25-15-23(33)9-11-26(25)34/h8-16,20-21H,17-19H2,1-7H3. The summed E-state index contributed by atoms with van der Waals surface area (Å²) in [5, 5.41) is 0.293. The van der Waals surface area contributed by atoms with Crippen LogP contribution < -0.4 is 4.74 Å². The summed E-state index contributed by atoms with van der Waals surface area (Å²) >= 11 is 12.3. The van der Waals surface area contributed by atoms with Gasteiger partial charge in [0.2, 0.25) is 0 Å². The second-order valence-electron chi connectivity index (χ2n) is 12.9. The van der Waals surface area contributed by atoms with E-state index in [0.717, 1.165) is 30.3 Å². The molecule has 0 radical (unpaired) electrons. The molecule has 48 heavy (non-hydrogen) atoms. The van der Waals surface area contributed by atoms with Gasteiger partial charge in [-0.25, -0.2) is 0 Å². The number of carbonyl (C=O) groups is 1. The number of carbonyl (C=O) groups excluding carboxylic acids is 1. The summed E-state index contributed by atoms with van der Waals surface area (Å²) in [6.07, 6.45) is 0. The fourth-order valence-corrected chi connectivity index (χ4v) is 7.70. The first-order valence-electron chi connectivity index (χ1n) is 14.7. The van der Waals surface area contributed by atoms with Crippen molar-refractivity contribution in [1.82, 2.24) is 0 Å². The Morgan fingerprint density at radius 1 is 0.688 bits per heavy atom. The first kappa shape index (κ1) is 39.9. The minimum Gasteiger partial charge on any atom is -0.454 e. The minimum absolute atomic E-state index is 0.00476. The minimum atomic E-state index is -4.70. The van der Waals surface area contributed by atoms with Crippen LogP contribution in [0.5, 0.6) is 11.5 Å². The van der Waals surface area contributed by atoms with E-state index in [1.165, 1.54) is 24.3 Å². The average molecular weight is 766 g/mol. The van der Waals surface area contributed by atoms with Crippen molar-refractivity contribution in [2.24, 2.45) is 17.3 Å². The first-order chi connectivity index (χ1) is 22.0. The molecule has 264 valence electrons. The number of benzene rings is 3. The third-order valence-corrected chi connectivity index (χ3v) is 10.5. The van der Waals surface area contributed by atoms with E-state index in [-0.39, 0.29) is 52.8 Å². The predicted molar refractivity (Wildman–Crippen MR) is 181 cm³/mol. The SMILES string of the molecule is CC(C)COS(=O)(=O)c1ccc(Oc2ccc(C(=O)c3cc(Cl)ccc3Cl)cc2S(=O)(=O)OCC(C)C)c(S(=O)(=O)OCC(C)(C)C)c1. The smallest absolute Gasteiger partial charge is 0.300 e. The molecule has 0 saturated carbocycles. The Labute approximate surface area is 292 Å². The highest BCUT2D eigenvalue weighted by Crippen LogP contribution is 2.37. The van der Waals surface area contributed by atoms with Gasteiger partial charge in [0.05, 0.1) is 29.7 Å². The van der Waals surface area contributed by atoms with Crippen LogP contribution in [0.2, 0.25) is 10.0 Å². The molecule has 0 fully saturated rings. The van der Waals surface area contributed by atoms with Gasteiger partial charge in [0, 0.05) is 16.1 Å². The maximum Gasteiger partial charge on any atom is 0.300 e. The number of halogens is 2. The van der Waals surface area contributed by atoms with E-state index in [9.17, 15) is 30.0 Å². The molecule has 3 aromatic carbocycles.